The van der Waals surface area contributed by atoms with Crippen molar-refractivity contribution in [3.63, 3.8) is 0 Å². The summed E-state index contributed by atoms with van der Waals surface area (Å²) in [5.41, 5.74) is 3.72. The number of hydrogen-bond donors (Lipinski definition) is 1. The minimum Gasteiger partial charge on any atom is -0.493 e. The summed E-state index contributed by atoms with van der Waals surface area (Å²) in [4.78, 5) is 12.3. The highest BCUT2D eigenvalue weighted by molar-refractivity contribution is 5.95. The lowest BCUT2D eigenvalue weighted by Gasteiger charge is -2.12. The van der Waals surface area contributed by atoms with Gasteiger partial charge in [-0.1, -0.05) is 23.8 Å². The van der Waals surface area contributed by atoms with Crippen molar-refractivity contribution in [2.75, 3.05) is 13.7 Å². The number of ether oxygens (including phenoxy) is 2. The van der Waals surface area contributed by atoms with E-state index in [-0.39, 0.29) is 5.91 Å². The van der Waals surface area contributed by atoms with Crippen LogP contribution in [0.4, 0.5) is 0 Å². The van der Waals surface area contributed by atoms with Crippen LogP contribution in [0.1, 0.15) is 34.0 Å². The maximum absolute atomic E-state index is 12.3. The second-order valence-electron chi connectivity index (χ2n) is 5.42. The molecule has 0 saturated heterocycles. The number of rotatable bonds is 6. The standard InChI is InChI=1S/C19H23NO3/c1-5-23-17-9-8-15(11-18(17)22-4)12-20-19(21)16-10-13(2)6-7-14(16)3/h6-11H,5,12H2,1-4H3,(H,20,21). The molecule has 4 heteroatoms. The molecule has 0 atom stereocenters. The third-order valence-electron chi connectivity index (χ3n) is 3.62. The summed E-state index contributed by atoms with van der Waals surface area (Å²) < 4.78 is 10.8. The van der Waals surface area contributed by atoms with Gasteiger partial charge in [0.2, 0.25) is 0 Å². The van der Waals surface area contributed by atoms with Gasteiger partial charge in [0, 0.05) is 12.1 Å². The van der Waals surface area contributed by atoms with E-state index in [4.69, 9.17) is 9.47 Å². The van der Waals surface area contributed by atoms with Crippen molar-refractivity contribution in [3.8, 4) is 11.5 Å². The molecule has 0 unspecified atom stereocenters. The maximum Gasteiger partial charge on any atom is 0.251 e. The average molecular weight is 313 g/mol. The molecule has 2 aromatic rings. The Labute approximate surface area is 137 Å². The van der Waals surface area contributed by atoms with Gasteiger partial charge in [-0.2, -0.15) is 0 Å². The molecule has 0 aliphatic heterocycles. The maximum atomic E-state index is 12.3. The van der Waals surface area contributed by atoms with E-state index < -0.39 is 0 Å². The predicted octanol–water partition coefficient (Wildman–Crippen LogP) is 3.64. The van der Waals surface area contributed by atoms with Crippen molar-refractivity contribution in [1.82, 2.24) is 5.32 Å². The van der Waals surface area contributed by atoms with Crippen molar-refractivity contribution in [2.24, 2.45) is 0 Å². The van der Waals surface area contributed by atoms with E-state index in [1.165, 1.54) is 0 Å². The van der Waals surface area contributed by atoms with E-state index in [1.807, 2.05) is 57.2 Å². The van der Waals surface area contributed by atoms with E-state index in [1.54, 1.807) is 7.11 Å². The van der Waals surface area contributed by atoms with Crippen LogP contribution >= 0.6 is 0 Å². The summed E-state index contributed by atoms with van der Waals surface area (Å²) in [6.45, 7) is 6.87. The molecule has 0 heterocycles. The number of methoxy groups -OCH3 is 1. The third-order valence-corrected chi connectivity index (χ3v) is 3.62. The molecule has 0 fully saturated rings. The summed E-state index contributed by atoms with van der Waals surface area (Å²) in [5.74, 6) is 1.31. The highest BCUT2D eigenvalue weighted by Gasteiger charge is 2.10. The number of carbonyl (C=O) groups is 1. The van der Waals surface area contributed by atoms with E-state index in [2.05, 4.69) is 5.32 Å². The summed E-state index contributed by atoms with van der Waals surface area (Å²) in [7, 11) is 1.61. The van der Waals surface area contributed by atoms with E-state index in [0.717, 1.165) is 16.7 Å². The minimum absolute atomic E-state index is 0.0703. The monoisotopic (exact) mass is 313 g/mol. The molecule has 1 N–H and O–H groups in total. The third kappa shape index (κ3) is 4.25. The van der Waals surface area contributed by atoms with Crippen molar-refractivity contribution >= 4 is 5.91 Å². The molecule has 2 rings (SSSR count). The highest BCUT2D eigenvalue weighted by atomic mass is 16.5. The SMILES string of the molecule is CCOc1ccc(CNC(=O)c2cc(C)ccc2C)cc1OC. The van der Waals surface area contributed by atoms with Crippen LogP contribution in [-0.4, -0.2) is 19.6 Å². The van der Waals surface area contributed by atoms with Gasteiger partial charge in [0.05, 0.1) is 13.7 Å². The van der Waals surface area contributed by atoms with Gasteiger partial charge in [-0.15, -0.1) is 0 Å². The van der Waals surface area contributed by atoms with Crippen LogP contribution in [0.5, 0.6) is 11.5 Å². The second kappa shape index (κ2) is 7.68. The van der Waals surface area contributed by atoms with Crippen molar-refractivity contribution in [3.05, 3.63) is 58.7 Å². The van der Waals surface area contributed by atoms with E-state index >= 15 is 0 Å². The number of carbonyl (C=O) groups excluding carboxylic acids is 1. The molecule has 0 spiro atoms. The highest BCUT2D eigenvalue weighted by Crippen LogP contribution is 2.28. The number of aryl methyl sites for hydroxylation is 2. The number of amides is 1. The van der Waals surface area contributed by atoms with Crippen LogP contribution in [0.3, 0.4) is 0 Å². The fourth-order valence-electron chi connectivity index (χ4n) is 2.35. The average Bonchev–Trinajstić information content (AvgIpc) is 2.56. The van der Waals surface area contributed by atoms with Crippen LogP contribution in [0.25, 0.3) is 0 Å². The largest absolute Gasteiger partial charge is 0.493 e. The molecule has 0 aliphatic rings. The molecule has 1 amide bonds. The molecule has 122 valence electrons. The Hall–Kier alpha value is -2.49. The molecule has 0 aliphatic carbocycles. The van der Waals surface area contributed by atoms with Crippen LogP contribution in [-0.2, 0) is 6.54 Å². The van der Waals surface area contributed by atoms with Crippen LogP contribution in [0.2, 0.25) is 0 Å². The van der Waals surface area contributed by atoms with Crippen molar-refractivity contribution in [2.45, 2.75) is 27.3 Å². The lowest BCUT2D eigenvalue weighted by Crippen LogP contribution is -2.23. The summed E-state index contributed by atoms with van der Waals surface area (Å²) in [6, 6.07) is 11.5. The molecule has 4 nitrogen and oxygen atoms in total. The first-order valence-corrected chi connectivity index (χ1v) is 7.70. The first kappa shape index (κ1) is 16.9. The van der Waals surface area contributed by atoms with Crippen LogP contribution < -0.4 is 14.8 Å². The Balaban J connectivity index is 2.08. The quantitative estimate of drug-likeness (QED) is 0.885. The zero-order chi connectivity index (χ0) is 16.8. The van der Waals surface area contributed by atoms with Gasteiger partial charge in [-0.05, 0) is 50.1 Å². The predicted molar refractivity (Wildman–Crippen MR) is 91.2 cm³/mol. The molecular weight excluding hydrogens is 290 g/mol. The number of benzene rings is 2. The molecule has 0 saturated carbocycles. The molecular formula is C19H23NO3. The van der Waals surface area contributed by atoms with Gasteiger partial charge in [0.1, 0.15) is 0 Å². The zero-order valence-electron chi connectivity index (χ0n) is 14.1. The Bertz CT molecular complexity index is 695. The van der Waals surface area contributed by atoms with Gasteiger partial charge in [-0.3, -0.25) is 4.79 Å². The van der Waals surface area contributed by atoms with Gasteiger partial charge < -0.3 is 14.8 Å². The topological polar surface area (TPSA) is 47.6 Å². The second-order valence-corrected chi connectivity index (χ2v) is 5.42. The Kier molecular flexibility index (Phi) is 5.63. The number of hydrogen-bond acceptors (Lipinski definition) is 3. The van der Waals surface area contributed by atoms with Gasteiger partial charge >= 0.3 is 0 Å². The van der Waals surface area contributed by atoms with Crippen molar-refractivity contribution in [1.29, 1.82) is 0 Å². The molecule has 2 aromatic carbocycles. The Morgan fingerprint density at radius 2 is 1.87 bits per heavy atom. The number of nitrogens with one attached hydrogen (secondary N) is 1. The first-order chi connectivity index (χ1) is 11.0. The fraction of sp³-hybridized carbons (Fsp3) is 0.316. The van der Waals surface area contributed by atoms with Crippen molar-refractivity contribution < 1.29 is 14.3 Å². The van der Waals surface area contributed by atoms with Crippen LogP contribution in [0, 0.1) is 13.8 Å². The molecule has 0 radical (unpaired) electrons. The lowest BCUT2D eigenvalue weighted by molar-refractivity contribution is 0.0950. The smallest absolute Gasteiger partial charge is 0.251 e. The van der Waals surface area contributed by atoms with E-state index in [9.17, 15) is 4.79 Å². The van der Waals surface area contributed by atoms with Gasteiger partial charge in [-0.25, -0.2) is 0 Å². The normalized spacial score (nSPS) is 10.3. The summed E-state index contributed by atoms with van der Waals surface area (Å²) in [5, 5.41) is 2.95. The van der Waals surface area contributed by atoms with Gasteiger partial charge in [0.25, 0.3) is 5.91 Å². The minimum atomic E-state index is -0.0703. The molecule has 23 heavy (non-hydrogen) atoms. The van der Waals surface area contributed by atoms with Crippen LogP contribution in [0.15, 0.2) is 36.4 Å². The Morgan fingerprint density at radius 3 is 2.57 bits per heavy atom. The van der Waals surface area contributed by atoms with E-state index in [0.29, 0.717) is 30.2 Å². The van der Waals surface area contributed by atoms with Gasteiger partial charge in [0.15, 0.2) is 11.5 Å². The summed E-state index contributed by atoms with van der Waals surface area (Å²) in [6.07, 6.45) is 0. The fourth-order valence-corrected chi connectivity index (χ4v) is 2.35. The first-order valence-electron chi connectivity index (χ1n) is 7.70. The molecule has 0 bridgehead atoms. The zero-order valence-corrected chi connectivity index (χ0v) is 14.1. The summed E-state index contributed by atoms with van der Waals surface area (Å²) >= 11 is 0. The molecule has 0 aromatic heterocycles. The lowest BCUT2D eigenvalue weighted by atomic mass is 10.0. The Morgan fingerprint density at radius 1 is 1.09 bits per heavy atom.